The van der Waals surface area contributed by atoms with Gasteiger partial charge in [-0.3, -0.25) is 14.0 Å². The van der Waals surface area contributed by atoms with Crippen molar-refractivity contribution in [1.29, 1.82) is 0 Å². The van der Waals surface area contributed by atoms with E-state index in [-0.39, 0.29) is 17.5 Å². The summed E-state index contributed by atoms with van der Waals surface area (Å²) in [5.74, 6) is 1.37. The minimum atomic E-state index is -0.0964. The standard InChI is InChI=1S/C19H30N6O2/c1-6-25-17(21-23(5)19(25)27)14-8-7-9-24(12-14)18(26)16-11-15(10-13(2)3)20-22(16)4/h11,13-14H,6-10,12H2,1-5H3/t14-/m1/s1. The lowest BCUT2D eigenvalue weighted by molar-refractivity contribution is 0.0692. The average Bonchev–Trinajstić information content (AvgIpc) is 3.13. The Labute approximate surface area is 159 Å². The van der Waals surface area contributed by atoms with E-state index >= 15 is 0 Å². The van der Waals surface area contributed by atoms with Crippen LogP contribution < -0.4 is 5.69 Å². The Balaban J connectivity index is 1.80. The molecule has 0 radical (unpaired) electrons. The molecule has 1 aliphatic heterocycles. The second kappa shape index (κ2) is 7.70. The third-order valence-corrected chi connectivity index (χ3v) is 5.19. The number of piperidine rings is 1. The van der Waals surface area contributed by atoms with Crippen molar-refractivity contribution in [2.24, 2.45) is 20.0 Å². The van der Waals surface area contributed by atoms with Gasteiger partial charge in [-0.25, -0.2) is 9.48 Å². The molecule has 3 heterocycles. The first-order chi connectivity index (χ1) is 12.8. The average molecular weight is 374 g/mol. The monoisotopic (exact) mass is 374 g/mol. The molecule has 0 N–H and O–H groups in total. The fourth-order valence-corrected chi connectivity index (χ4v) is 3.90. The topological polar surface area (TPSA) is 78.0 Å². The first kappa shape index (κ1) is 19.4. The Morgan fingerprint density at radius 1 is 1.26 bits per heavy atom. The van der Waals surface area contributed by atoms with Crippen molar-refractivity contribution in [3.8, 4) is 0 Å². The van der Waals surface area contributed by atoms with E-state index in [1.165, 1.54) is 4.68 Å². The summed E-state index contributed by atoms with van der Waals surface area (Å²) in [6, 6.07) is 1.91. The van der Waals surface area contributed by atoms with Gasteiger partial charge in [0.1, 0.15) is 11.5 Å². The highest BCUT2D eigenvalue weighted by Gasteiger charge is 2.30. The van der Waals surface area contributed by atoms with E-state index in [0.29, 0.717) is 24.7 Å². The third kappa shape index (κ3) is 3.84. The number of carbonyl (C=O) groups is 1. The van der Waals surface area contributed by atoms with Crippen LogP contribution in [0, 0.1) is 5.92 Å². The minimum Gasteiger partial charge on any atom is -0.337 e. The molecule has 0 unspecified atom stereocenters. The van der Waals surface area contributed by atoms with Crippen molar-refractivity contribution in [2.45, 2.75) is 52.5 Å². The van der Waals surface area contributed by atoms with Crippen molar-refractivity contribution >= 4 is 5.91 Å². The van der Waals surface area contributed by atoms with Gasteiger partial charge < -0.3 is 4.90 Å². The highest BCUT2D eigenvalue weighted by molar-refractivity contribution is 5.92. The molecule has 8 heteroatoms. The Bertz CT molecular complexity index is 875. The van der Waals surface area contributed by atoms with Gasteiger partial charge in [0.05, 0.1) is 5.69 Å². The van der Waals surface area contributed by atoms with Crippen LogP contribution in [0.25, 0.3) is 0 Å². The van der Waals surface area contributed by atoms with Gasteiger partial charge in [0.2, 0.25) is 0 Å². The summed E-state index contributed by atoms with van der Waals surface area (Å²) in [5.41, 5.74) is 1.48. The molecule has 1 fully saturated rings. The summed E-state index contributed by atoms with van der Waals surface area (Å²) in [5, 5.41) is 8.93. The summed E-state index contributed by atoms with van der Waals surface area (Å²) in [6.07, 6.45) is 2.70. The predicted octanol–water partition coefficient (Wildman–Crippen LogP) is 1.55. The second-order valence-corrected chi connectivity index (χ2v) is 7.84. The fourth-order valence-electron chi connectivity index (χ4n) is 3.90. The number of hydrogen-bond donors (Lipinski definition) is 0. The molecule has 0 spiro atoms. The van der Waals surface area contributed by atoms with Gasteiger partial charge in [0.25, 0.3) is 5.91 Å². The summed E-state index contributed by atoms with van der Waals surface area (Å²) < 4.78 is 4.79. The third-order valence-electron chi connectivity index (χ3n) is 5.19. The van der Waals surface area contributed by atoms with Crippen LogP contribution in [0.1, 0.15) is 61.5 Å². The molecule has 2 aromatic heterocycles. The number of aromatic nitrogens is 5. The summed E-state index contributed by atoms with van der Waals surface area (Å²) in [6.45, 7) is 8.14. The predicted molar refractivity (Wildman–Crippen MR) is 103 cm³/mol. The lowest BCUT2D eigenvalue weighted by Gasteiger charge is -2.32. The fraction of sp³-hybridized carbons (Fsp3) is 0.684. The van der Waals surface area contributed by atoms with E-state index < -0.39 is 0 Å². The van der Waals surface area contributed by atoms with Crippen LogP contribution in [0.15, 0.2) is 10.9 Å². The molecule has 1 aliphatic rings. The van der Waals surface area contributed by atoms with E-state index in [2.05, 4.69) is 24.0 Å². The molecular weight excluding hydrogens is 344 g/mol. The van der Waals surface area contributed by atoms with Crippen LogP contribution in [0.5, 0.6) is 0 Å². The van der Waals surface area contributed by atoms with Gasteiger partial charge in [-0.05, 0) is 38.2 Å². The number of likely N-dealkylation sites (tertiary alicyclic amines) is 1. The number of amides is 1. The summed E-state index contributed by atoms with van der Waals surface area (Å²) in [4.78, 5) is 27.2. The zero-order chi connectivity index (χ0) is 19.7. The Hall–Kier alpha value is -2.38. The summed E-state index contributed by atoms with van der Waals surface area (Å²) >= 11 is 0. The zero-order valence-electron chi connectivity index (χ0n) is 17.0. The maximum absolute atomic E-state index is 13.1. The summed E-state index contributed by atoms with van der Waals surface area (Å²) in [7, 11) is 3.50. The Kier molecular flexibility index (Phi) is 5.53. The molecule has 3 rings (SSSR count). The van der Waals surface area contributed by atoms with Crippen LogP contribution in [-0.2, 0) is 27.1 Å². The van der Waals surface area contributed by atoms with E-state index in [4.69, 9.17) is 0 Å². The van der Waals surface area contributed by atoms with Crippen molar-refractivity contribution in [2.75, 3.05) is 13.1 Å². The van der Waals surface area contributed by atoms with Crippen LogP contribution in [0.3, 0.4) is 0 Å². The molecule has 8 nitrogen and oxygen atoms in total. The van der Waals surface area contributed by atoms with E-state index in [1.807, 2.05) is 24.9 Å². The second-order valence-electron chi connectivity index (χ2n) is 7.84. The zero-order valence-corrected chi connectivity index (χ0v) is 17.0. The lowest BCUT2D eigenvalue weighted by atomic mass is 9.96. The SMILES string of the molecule is CCn1c([C@@H]2CCCN(C(=O)c3cc(CC(C)C)nn3C)C2)nn(C)c1=O. The molecule has 27 heavy (non-hydrogen) atoms. The molecule has 2 aromatic rings. The smallest absolute Gasteiger partial charge is 0.337 e. The molecule has 0 bridgehead atoms. The number of hydrogen-bond acceptors (Lipinski definition) is 4. The molecule has 1 atom stereocenters. The van der Waals surface area contributed by atoms with Crippen molar-refractivity contribution in [3.05, 3.63) is 33.8 Å². The van der Waals surface area contributed by atoms with Gasteiger partial charge in [-0.15, -0.1) is 0 Å². The highest BCUT2D eigenvalue weighted by Crippen LogP contribution is 2.26. The maximum Gasteiger partial charge on any atom is 0.345 e. The van der Waals surface area contributed by atoms with Gasteiger partial charge >= 0.3 is 5.69 Å². The maximum atomic E-state index is 13.1. The van der Waals surface area contributed by atoms with Gasteiger partial charge in [0, 0.05) is 39.6 Å². The molecule has 0 aromatic carbocycles. The Morgan fingerprint density at radius 3 is 2.67 bits per heavy atom. The highest BCUT2D eigenvalue weighted by atomic mass is 16.2. The van der Waals surface area contributed by atoms with Crippen LogP contribution in [0.2, 0.25) is 0 Å². The molecule has 0 aliphatic carbocycles. The Morgan fingerprint density at radius 2 is 2.00 bits per heavy atom. The molecule has 1 amide bonds. The first-order valence-electron chi connectivity index (χ1n) is 9.77. The largest absolute Gasteiger partial charge is 0.345 e. The number of rotatable bonds is 5. The quantitative estimate of drug-likeness (QED) is 0.796. The van der Waals surface area contributed by atoms with Gasteiger partial charge in [-0.1, -0.05) is 13.8 Å². The van der Waals surface area contributed by atoms with Crippen molar-refractivity contribution < 1.29 is 4.79 Å². The van der Waals surface area contributed by atoms with Crippen molar-refractivity contribution in [1.82, 2.24) is 29.0 Å². The van der Waals surface area contributed by atoms with E-state index in [1.54, 1.807) is 16.3 Å². The normalized spacial score (nSPS) is 17.7. The molecule has 148 valence electrons. The number of carbonyl (C=O) groups excluding carboxylic acids is 1. The minimum absolute atomic E-state index is 0.00559. The molecule has 1 saturated heterocycles. The first-order valence-corrected chi connectivity index (χ1v) is 9.77. The van der Waals surface area contributed by atoms with Crippen LogP contribution in [-0.4, -0.2) is 48.0 Å². The van der Waals surface area contributed by atoms with Gasteiger partial charge in [-0.2, -0.15) is 10.2 Å². The van der Waals surface area contributed by atoms with Crippen molar-refractivity contribution in [3.63, 3.8) is 0 Å². The number of nitrogens with zero attached hydrogens (tertiary/aromatic N) is 6. The van der Waals surface area contributed by atoms with Gasteiger partial charge in [0.15, 0.2) is 0 Å². The number of aryl methyl sites for hydroxylation is 2. The van der Waals surface area contributed by atoms with E-state index in [9.17, 15) is 9.59 Å². The van der Waals surface area contributed by atoms with Crippen LogP contribution >= 0.6 is 0 Å². The van der Waals surface area contributed by atoms with E-state index in [0.717, 1.165) is 37.3 Å². The molecule has 0 saturated carbocycles. The van der Waals surface area contributed by atoms with Crippen LogP contribution in [0.4, 0.5) is 0 Å². The molecular formula is C19H30N6O2. The lowest BCUT2D eigenvalue weighted by Crippen LogP contribution is -2.40.